The zero-order chi connectivity index (χ0) is 17.1. The van der Waals surface area contributed by atoms with Crippen molar-refractivity contribution in [2.24, 2.45) is 5.73 Å². The van der Waals surface area contributed by atoms with E-state index in [1.807, 2.05) is 12.1 Å². The molecule has 0 bridgehead atoms. The van der Waals surface area contributed by atoms with Crippen molar-refractivity contribution in [3.8, 4) is 5.75 Å². The van der Waals surface area contributed by atoms with Gasteiger partial charge in [0.15, 0.2) is 0 Å². The molecule has 0 aromatic heterocycles. The molecule has 0 saturated heterocycles. The first kappa shape index (κ1) is 19.5. The van der Waals surface area contributed by atoms with Gasteiger partial charge in [-0.15, -0.1) is 0 Å². The van der Waals surface area contributed by atoms with Crippen molar-refractivity contribution in [1.29, 1.82) is 0 Å². The predicted molar refractivity (Wildman–Crippen MR) is 93.7 cm³/mol. The molecule has 0 amide bonds. The Morgan fingerprint density at radius 1 is 1.09 bits per heavy atom. The molecule has 0 unspecified atom stereocenters. The van der Waals surface area contributed by atoms with E-state index < -0.39 is 0 Å². The number of phenolic OH excluding ortho intramolecular Hbond substituents is 1. The van der Waals surface area contributed by atoms with Gasteiger partial charge in [0, 0.05) is 13.0 Å². The number of phenols is 1. The fourth-order valence-electron chi connectivity index (χ4n) is 2.58. The summed E-state index contributed by atoms with van der Waals surface area (Å²) in [5.41, 5.74) is 8.44. The molecule has 1 aromatic carbocycles. The van der Waals surface area contributed by atoms with Crippen molar-refractivity contribution in [3.05, 3.63) is 28.8 Å². The summed E-state index contributed by atoms with van der Waals surface area (Å²) >= 11 is 0. The number of carbonyl (C=O) groups is 1. The highest BCUT2D eigenvalue weighted by Gasteiger charge is 2.11. The van der Waals surface area contributed by atoms with E-state index in [1.54, 1.807) is 0 Å². The Hall–Kier alpha value is -1.55. The van der Waals surface area contributed by atoms with E-state index in [0.717, 1.165) is 55.2 Å². The summed E-state index contributed by atoms with van der Waals surface area (Å²) in [5, 5.41) is 10.5. The van der Waals surface area contributed by atoms with Gasteiger partial charge in [-0.2, -0.15) is 0 Å². The summed E-state index contributed by atoms with van der Waals surface area (Å²) in [6, 6.07) is 4.08. The molecule has 1 rings (SSSR count). The van der Waals surface area contributed by atoms with Gasteiger partial charge >= 0.3 is 5.97 Å². The number of aromatic hydroxyl groups is 1. The van der Waals surface area contributed by atoms with Crippen LogP contribution in [0.15, 0.2) is 12.1 Å². The van der Waals surface area contributed by atoms with E-state index in [2.05, 4.69) is 13.8 Å². The van der Waals surface area contributed by atoms with E-state index >= 15 is 0 Å². The van der Waals surface area contributed by atoms with Crippen LogP contribution >= 0.6 is 0 Å². The van der Waals surface area contributed by atoms with Gasteiger partial charge in [-0.25, -0.2) is 0 Å². The molecule has 0 radical (unpaired) electrons. The van der Waals surface area contributed by atoms with Crippen LogP contribution in [0.5, 0.6) is 5.75 Å². The monoisotopic (exact) mass is 321 g/mol. The molecule has 3 N–H and O–H groups in total. The van der Waals surface area contributed by atoms with Gasteiger partial charge in [-0.05, 0) is 48.8 Å². The molecule has 0 heterocycles. The largest absolute Gasteiger partial charge is 0.507 e. The summed E-state index contributed by atoms with van der Waals surface area (Å²) in [4.78, 5) is 11.6. The van der Waals surface area contributed by atoms with Crippen LogP contribution in [0.2, 0.25) is 0 Å². The molecule has 0 saturated carbocycles. The first-order valence-electron chi connectivity index (χ1n) is 8.81. The Bertz CT molecular complexity index is 456. The van der Waals surface area contributed by atoms with E-state index in [9.17, 15) is 9.90 Å². The molecule has 0 fully saturated rings. The third kappa shape index (κ3) is 7.04. The molecule has 0 atom stereocenters. The summed E-state index contributed by atoms with van der Waals surface area (Å²) < 4.78 is 5.01. The highest BCUT2D eigenvalue weighted by molar-refractivity contribution is 5.69. The van der Waals surface area contributed by atoms with Crippen molar-refractivity contribution in [3.63, 3.8) is 0 Å². The van der Waals surface area contributed by atoms with Crippen molar-refractivity contribution in [1.82, 2.24) is 0 Å². The highest BCUT2D eigenvalue weighted by Crippen LogP contribution is 2.28. The van der Waals surface area contributed by atoms with Crippen molar-refractivity contribution >= 4 is 5.97 Å². The van der Waals surface area contributed by atoms with Crippen LogP contribution in [0.4, 0.5) is 0 Å². The summed E-state index contributed by atoms with van der Waals surface area (Å²) in [7, 11) is 0. The first-order valence-corrected chi connectivity index (χ1v) is 8.81. The summed E-state index contributed by atoms with van der Waals surface area (Å²) in [6.45, 7) is 4.92. The Labute approximate surface area is 140 Å². The number of esters is 1. The number of hydrogen-bond donors (Lipinski definition) is 2. The van der Waals surface area contributed by atoms with Gasteiger partial charge in [0.2, 0.25) is 0 Å². The summed E-state index contributed by atoms with van der Waals surface area (Å²) in [6.07, 6.45) is 7.07. The van der Waals surface area contributed by atoms with Gasteiger partial charge in [0.1, 0.15) is 12.4 Å². The normalized spacial score (nSPS) is 10.7. The smallest absolute Gasteiger partial charge is 0.306 e. The fraction of sp³-hybridized carbons (Fsp3) is 0.632. The molecule has 0 aliphatic rings. The molecular formula is C19H31NO3. The van der Waals surface area contributed by atoms with E-state index in [0.29, 0.717) is 25.1 Å². The second kappa shape index (κ2) is 11.1. The molecule has 4 nitrogen and oxygen atoms in total. The Balaban J connectivity index is 2.81. The Kier molecular flexibility index (Phi) is 9.37. The maximum Gasteiger partial charge on any atom is 0.306 e. The molecule has 0 spiro atoms. The van der Waals surface area contributed by atoms with Crippen LogP contribution < -0.4 is 5.73 Å². The lowest BCUT2D eigenvalue weighted by Crippen LogP contribution is -2.14. The van der Waals surface area contributed by atoms with Crippen LogP contribution in [0.1, 0.15) is 62.6 Å². The third-order valence-electron chi connectivity index (χ3n) is 3.93. The highest BCUT2D eigenvalue weighted by atomic mass is 16.5. The van der Waals surface area contributed by atoms with Crippen LogP contribution in [0.25, 0.3) is 0 Å². The minimum atomic E-state index is -0.214. The number of nitrogens with two attached hydrogens (primary N) is 1. The number of carbonyl (C=O) groups excluding carboxylic acids is 1. The van der Waals surface area contributed by atoms with Gasteiger partial charge in [-0.3, -0.25) is 4.79 Å². The summed E-state index contributed by atoms with van der Waals surface area (Å²) in [5.74, 6) is 0.232. The van der Waals surface area contributed by atoms with Crippen molar-refractivity contribution in [2.45, 2.75) is 65.2 Å². The zero-order valence-corrected chi connectivity index (χ0v) is 14.6. The van der Waals surface area contributed by atoms with Gasteiger partial charge < -0.3 is 15.6 Å². The molecule has 130 valence electrons. The lowest BCUT2D eigenvalue weighted by molar-refractivity contribution is -0.143. The second-order valence-electron chi connectivity index (χ2n) is 5.98. The van der Waals surface area contributed by atoms with E-state index in [4.69, 9.17) is 10.5 Å². The van der Waals surface area contributed by atoms with Crippen LogP contribution in [-0.2, 0) is 28.8 Å². The number of hydrogen-bond acceptors (Lipinski definition) is 4. The van der Waals surface area contributed by atoms with Crippen LogP contribution in [0, 0.1) is 0 Å². The number of aryl methyl sites for hydroxylation is 3. The van der Waals surface area contributed by atoms with Gasteiger partial charge in [0.05, 0.1) is 0 Å². The maximum atomic E-state index is 11.6. The average Bonchev–Trinajstić information content (AvgIpc) is 2.56. The van der Waals surface area contributed by atoms with E-state index in [-0.39, 0.29) is 12.6 Å². The molecular weight excluding hydrogens is 290 g/mol. The molecule has 0 aliphatic heterocycles. The number of benzene rings is 1. The number of ether oxygens (including phenoxy) is 1. The Morgan fingerprint density at radius 2 is 1.65 bits per heavy atom. The fourth-order valence-corrected chi connectivity index (χ4v) is 2.58. The molecule has 0 aliphatic carbocycles. The van der Waals surface area contributed by atoms with E-state index in [1.165, 1.54) is 0 Å². The minimum absolute atomic E-state index is 0.214. The lowest BCUT2D eigenvalue weighted by atomic mass is 9.95. The predicted octanol–water partition coefficient (Wildman–Crippen LogP) is 3.51. The first-order chi connectivity index (χ1) is 11.1. The van der Waals surface area contributed by atoms with Crippen molar-refractivity contribution < 1.29 is 14.6 Å². The lowest BCUT2D eigenvalue weighted by Gasteiger charge is -2.13. The van der Waals surface area contributed by atoms with Gasteiger partial charge in [0.25, 0.3) is 0 Å². The Morgan fingerprint density at radius 3 is 2.13 bits per heavy atom. The molecule has 4 heteroatoms. The van der Waals surface area contributed by atoms with Gasteiger partial charge in [-0.1, -0.05) is 38.8 Å². The number of rotatable bonds is 11. The topological polar surface area (TPSA) is 72.5 Å². The molecule has 1 aromatic rings. The standard InChI is InChI=1S/C19H31NO3/c1-3-5-7-16-13-15(9-10-18(21)23-12-11-20)14-17(19(16)22)8-6-4-2/h13-14,22H,3-12,20H2,1-2H3. The SMILES string of the molecule is CCCCc1cc(CCC(=O)OCCN)cc(CCCC)c1O. The minimum Gasteiger partial charge on any atom is -0.507 e. The third-order valence-corrected chi connectivity index (χ3v) is 3.93. The quantitative estimate of drug-likeness (QED) is 0.612. The maximum absolute atomic E-state index is 11.6. The van der Waals surface area contributed by atoms with Crippen LogP contribution in [0.3, 0.4) is 0 Å². The zero-order valence-electron chi connectivity index (χ0n) is 14.6. The average molecular weight is 321 g/mol. The molecule has 23 heavy (non-hydrogen) atoms. The second-order valence-corrected chi connectivity index (χ2v) is 5.98. The number of unbranched alkanes of at least 4 members (excludes halogenated alkanes) is 2. The van der Waals surface area contributed by atoms with Crippen molar-refractivity contribution in [2.75, 3.05) is 13.2 Å². The van der Waals surface area contributed by atoms with Crippen LogP contribution in [-0.4, -0.2) is 24.2 Å².